The molecule has 92 valence electrons. The number of benzene rings is 1. The van der Waals surface area contributed by atoms with E-state index in [4.69, 9.17) is 5.11 Å². The van der Waals surface area contributed by atoms with E-state index in [1.165, 1.54) is 6.07 Å². The number of aliphatic hydroxyl groups is 1. The molecule has 0 radical (unpaired) electrons. The van der Waals surface area contributed by atoms with Crippen molar-refractivity contribution in [3.63, 3.8) is 0 Å². The number of hydrogen-bond donors (Lipinski definition) is 2. The lowest BCUT2D eigenvalue weighted by atomic mass is 10.1. The minimum absolute atomic E-state index is 0.0386. The van der Waals surface area contributed by atoms with Crippen molar-refractivity contribution in [1.29, 1.82) is 0 Å². The van der Waals surface area contributed by atoms with Gasteiger partial charge in [0.05, 0.1) is 17.1 Å². The van der Waals surface area contributed by atoms with E-state index in [1.807, 2.05) is 19.2 Å². The maximum Gasteiger partial charge on any atom is 0.275 e. The van der Waals surface area contributed by atoms with Gasteiger partial charge in [-0.15, -0.1) is 0 Å². The average molecular weight is 236 g/mol. The predicted molar refractivity (Wildman–Crippen MR) is 66.6 cm³/mol. The van der Waals surface area contributed by atoms with E-state index < -0.39 is 4.92 Å². The van der Waals surface area contributed by atoms with Gasteiger partial charge in [-0.1, -0.05) is 18.2 Å². The highest BCUT2D eigenvalue weighted by Crippen LogP contribution is 2.21. The first-order chi connectivity index (χ1) is 8.19. The van der Waals surface area contributed by atoms with E-state index in [1.54, 1.807) is 12.1 Å². The predicted octanol–water partition coefficient (Wildman–Crippen LogP) is 1.71. The van der Waals surface area contributed by atoms with Gasteiger partial charge >= 0.3 is 0 Å². The molecule has 0 saturated carbocycles. The minimum atomic E-state index is -0.476. The zero-order valence-electron chi connectivity index (χ0n) is 9.72. The summed E-state index contributed by atoms with van der Waals surface area (Å²) in [6.07, 6.45) is 4.66. The van der Waals surface area contributed by atoms with Gasteiger partial charge in [-0.05, 0) is 31.6 Å². The van der Waals surface area contributed by atoms with Crippen LogP contribution in [-0.2, 0) is 6.61 Å². The van der Waals surface area contributed by atoms with Gasteiger partial charge in [-0.25, -0.2) is 0 Å². The number of nitrogens with one attached hydrogen (secondary N) is 1. The van der Waals surface area contributed by atoms with E-state index in [0.717, 1.165) is 18.5 Å². The number of hydrogen-bond acceptors (Lipinski definition) is 4. The fourth-order valence-electron chi connectivity index (χ4n) is 1.44. The molecule has 0 aliphatic carbocycles. The molecule has 0 amide bonds. The zero-order chi connectivity index (χ0) is 12.7. The first-order valence-corrected chi connectivity index (χ1v) is 5.38. The minimum Gasteiger partial charge on any atom is -0.391 e. The molecule has 0 spiro atoms. The van der Waals surface area contributed by atoms with Crippen molar-refractivity contribution in [3.8, 4) is 0 Å². The van der Waals surface area contributed by atoms with Crippen LogP contribution in [0.2, 0.25) is 0 Å². The Bertz CT molecular complexity index is 416. The summed E-state index contributed by atoms with van der Waals surface area (Å²) in [4.78, 5) is 10.3. The van der Waals surface area contributed by atoms with Crippen molar-refractivity contribution in [2.24, 2.45) is 0 Å². The molecule has 0 aromatic heterocycles. The van der Waals surface area contributed by atoms with Gasteiger partial charge in [0.1, 0.15) is 0 Å². The van der Waals surface area contributed by atoms with Crippen LogP contribution in [0.15, 0.2) is 24.3 Å². The van der Waals surface area contributed by atoms with Gasteiger partial charge in [-0.2, -0.15) is 0 Å². The van der Waals surface area contributed by atoms with Crippen LogP contribution < -0.4 is 5.32 Å². The van der Waals surface area contributed by atoms with E-state index >= 15 is 0 Å². The largest absolute Gasteiger partial charge is 0.391 e. The number of aliphatic hydroxyl groups excluding tert-OH is 1. The maximum absolute atomic E-state index is 10.8. The summed E-state index contributed by atoms with van der Waals surface area (Å²) in [7, 11) is 1.87. The molecule has 0 atom stereocenters. The Balaban J connectivity index is 2.85. The SMILES string of the molecule is CNCCC=Cc1ccc(CO)c([N+](=O)[O-])c1. The highest BCUT2D eigenvalue weighted by Gasteiger charge is 2.12. The Hall–Kier alpha value is -1.72. The highest BCUT2D eigenvalue weighted by atomic mass is 16.6. The van der Waals surface area contributed by atoms with Gasteiger partial charge in [0.2, 0.25) is 0 Å². The smallest absolute Gasteiger partial charge is 0.275 e. The first-order valence-electron chi connectivity index (χ1n) is 5.38. The molecular formula is C12H16N2O3. The molecule has 0 heterocycles. The van der Waals surface area contributed by atoms with Gasteiger partial charge in [0.15, 0.2) is 0 Å². The molecule has 17 heavy (non-hydrogen) atoms. The summed E-state index contributed by atoms with van der Waals surface area (Å²) in [5, 5.41) is 22.8. The molecule has 2 N–H and O–H groups in total. The number of nitrogens with zero attached hydrogens (tertiary/aromatic N) is 1. The lowest BCUT2D eigenvalue weighted by molar-refractivity contribution is -0.385. The van der Waals surface area contributed by atoms with E-state index in [9.17, 15) is 10.1 Å². The van der Waals surface area contributed by atoms with Gasteiger partial charge in [0, 0.05) is 6.07 Å². The number of rotatable bonds is 6. The third kappa shape index (κ3) is 3.97. The summed E-state index contributed by atoms with van der Waals surface area (Å²) < 4.78 is 0. The molecule has 5 heteroatoms. The number of nitro benzene ring substituents is 1. The summed E-state index contributed by atoms with van der Waals surface area (Å²) in [5.74, 6) is 0. The third-order valence-corrected chi connectivity index (χ3v) is 2.35. The Morgan fingerprint density at radius 3 is 2.88 bits per heavy atom. The van der Waals surface area contributed by atoms with Crippen LogP contribution in [-0.4, -0.2) is 23.6 Å². The molecule has 0 aliphatic rings. The van der Waals surface area contributed by atoms with Crippen molar-refractivity contribution < 1.29 is 10.0 Å². The van der Waals surface area contributed by atoms with Crippen molar-refractivity contribution in [1.82, 2.24) is 5.32 Å². The van der Waals surface area contributed by atoms with E-state index in [0.29, 0.717) is 5.56 Å². The Labute approximate surface area is 99.9 Å². The molecule has 0 unspecified atom stereocenters. The average Bonchev–Trinajstić information content (AvgIpc) is 2.34. The summed E-state index contributed by atoms with van der Waals surface area (Å²) in [6.45, 7) is 0.549. The van der Waals surface area contributed by atoms with Crippen LogP contribution in [0.5, 0.6) is 0 Å². The van der Waals surface area contributed by atoms with Gasteiger partial charge in [0.25, 0.3) is 5.69 Å². The number of nitro groups is 1. The van der Waals surface area contributed by atoms with Crippen LogP contribution in [0.1, 0.15) is 17.5 Å². The fraction of sp³-hybridized carbons (Fsp3) is 0.333. The van der Waals surface area contributed by atoms with Crippen molar-refractivity contribution in [2.75, 3.05) is 13.6 Å². The van der Waals surface area contributed by atoms with E-state index in [2.05, 4.69) is 5.32 Å². The van der Waals surface area contributed by atoms with Gasteiger partial charge in [-0.3, -0.25) is 10.1 Å². The second-order valence-corrected chi connectivity index (χ2v) is 3.60. The molecule has 0 aliphatic heterocycles. The molecule has 0 fully saturated rings. The van der Waals surface area contributed by atoms with Crippen LogP contribution in [0.25, 0.3) is 6.08 Å². The zero-order valence-corrected chi connectivity index (χ0v) is 9.72. The van der Waals surface area contributed by atoms with Crippen molar-refractivity contribution in [3.05, 3.63) is 45.5 Å². The van der Waals surface area contributed by atoms with Crippen LogP contribution >= 0.6 is 0 Å². The Kier molecular flexibility index (Phi) is 5.32. The van der Waals surface area contributed by atoms with Crippen LogP contribution in [0, 0.1) is 10.1 Å². The molecular weight excluding hydrogens is 220 g/mol. The lowest BCUT2D eigenvalue weighted by Crippen LogP contribution is -2.05. The quantitative estimate of drug-likeness (QED) is 0.448. The summed E-state index contributed by atoms with van der Waals surface area (Å²) in [5.41, 5.74) is 1.07. The molecule has 1 rings (SSSR count). The Morgan fingerprint density at radius 1 is 1.53 bits per heavy atom. The normalized spacial score (nSPS) is 10.9. The van der Waals surface area contributed by atoms with Crippen LogP contribution in [0.3, 0.4) is 0 Å². The fourth-order valence-corrected chi connectivity index (χ4v) is 1.44. The topological polar surface area (TPSA) is 75.4 Å². The molecule has 0 saturated heterocycles. The maximum atomic E-state index is 10.8. The van der Waals surface area contributed by atoms with E-state index in [-0.39, 0.29) is 12.3 Å². The van der Waals surface area contributed by atoms with Crippen molar-refractivity contribution >= 4 is 11.8 Å². The molecule has 1 aromatic rings. The van der Waals surface area contributed by atoms with Gasteiger partial charge < -0.3 is 10.4 Å². The highest BCUT2D eigenvalue weighted by molar-refractivity contribution is 5.56. The summed E-state index contributed by atoms with van der Waals surface area (Å²) in [6, 6.07) is 4.81. The monoisotopic (exact) mass is 236 g/mol. The molecule has 0 bridgehead atoms. The molecule has 5 nitrogen and oxygen atoms in total. The second-order valence-electron chi connectivity index (χ2n) is 3.60. The van der Waals surface area contributed by atoms with Crippen molar-refractivity contribution in [2.45, 2.75) is 13.0 Å². The Morgan fingerprint density at radius 2 is 2.29 bits per heavy atom. The first kappa shape index (κ1) is 13.3. The summed E-state index contributed by atoms with van der Waals surface area (Å²) >= 11 is 0. The molecule has 1 aromatic carbocycles. The van der Waals surface area contributed by atoms with Crippen LogP contribution in [0.4, 0.5) is 5.69 Å². The lowest BCUT2D eigenvalue weighted by Gasteiger charge is -2.00. The second kappa shape index (κ2) is 6.78. The third-order valence-electron chi connectivity index (χ3n) is 2.35. The standard InChI is InChI=1S/C12H16N2O3/c1-13-7-3-2-4-10-5-6-11(9-15)12(8-10)14(16)17/h2,4-6,8,13,15H,3,7,9H2,1H3.